The third-order valence-electron chi connectivity index (χ3n) is 6.28. The zero-order valence-corrected chi connectivity index (χ0v) is 19.5. The number of nitrogens with one attached hydrogen (secondary N) is 1. The molecule has 1 fully saturated rings. The van der Waals surface area contributed by atoms with Gasteiger partial charge in [-0.15, -0.1) is 0 Å². The lowest BCUT2D eigenvalue weighted by Gasteiger charge is -2.29. The van der Waals surface area contributed by atoms with Crippen LogP contribution in [0.2, 0.25) is 0 Å². The monoisotopic (exact) mass is 474 g/mol. The van der Waals surface area contributed by atoms with Gasteiger partial charge in [0.2, 0.25) is 11.8 Å². The Morgan fingerprint density at radius 1 is 0.886 bits per heavy atom. The summed E-state index contributed by atoms with van der Waals surface area (Å²) in [5.41, 5.74) is 2.13. The van der Waals surface area contributed by atoms with Gasteiger partial charge in [-0.25, -0.2) is 0 Å². The third kappa shape index (κ3) is 4.47. The van der Waals surface area contributed by atoms with Crippen LogP contribution >= 0.6 is 0 Å². The first-order chi connectivity index (χ1) is 17.1. The van der Waals surface area contributed by atoms with E-state index in [-0.39, 0.29) is 18.2 Å². The molecule has 0 aromatic heterocycles. The van der Waals surface area contributed by atoms with Crippen molar-refractivity contribution in [3.05, 3.63) is 72.3 Å². The molecule has 0 spiro atoms. The molecule has 2 aliphatic rings. The Morgan fingerprint density at radius 3 is 2.17 bits per heavy atom. The Morgan fingerprint density at radius 2 is 1.51 bits per heavy atom. The molecule has 2 atom stereocenters. The van der Waals surface area contributed by atoms with Crippen LogP contribution in [0.4, 0.5) is 11.4 Å². The van der Waals surface area contributed by atoms with E-state index in [4.69, 9.17) is 18.9 Å². The predicted octanol–water partition coefficient (Wildman–Crippen LogP) is 4.21. The van der Waals surface area contributed by atoms with Crippen LogP contribution in [0, 0.1) is 5.92 Å². The average Bonchev–Trinajstić information content (AvgIpc) is 3.25. The lowest BCUT2D eigenvalue weighted by atomic mass is 9.92. The molecule has 0 radical (unpaired) electrons. The Bertz CT molecular complexity index is 1230. The molecular weight excluding hydrogens is 448 g/mol. The van der Waals surface area contributed by atoms with E-state index in [1.807, 2.05) is 36.4 Å². The molecule has 8 nitrogen and oxygen atoms in total. The summed E-state index contributed by atoms with van der Waals surface area (Å²) in [6, 6.07) is 19.5. The van der Waals surface area contributed by atoms with E-state index >= 15 is 0 Å². The highest BCUT2D eigenvalue weighted by Gasteiger charge is 2.45. The van der Waals surface area contributed by atoms with Gasteiger partial charge in [-0.05, 0) is 54.1 Å². The Kier molecular flexibility index (Phi) is 6.18. The van der Waals surface area contributed by atoms with Gasteiger partial charge in [0.1, 0.15) is 24.7 Å². The average molecular weight is 475 g/mol. The number of anilines is 2. The number of fused-ring (bicyclic) bond motifs is 1. The molecule has 2 aliphatic heterocycles. The highest BCUT2D eigenvalue weighted by atomic mass is 16.6. The normalized spacial score (nSPS) is 18.8. The van der Waals surface area contributed by atoms with Crippen LogP contribution in [0.5, 0.6) is 23.0 Å². The summed E-state index contributed by atoms with van der Waals surface area (Å²) in [6.45, 7) is 0.950. The highest BCUT2D eigenvalue weighted by molar-refractivity contribution is 6.04. The van der Waals surface area contributed by atoms with Crippen LogP contribution < -0.4 is 29.2 Å². The summed E-state index contributed by atoms with van der Waals surface area (Å²) in [5, 5.41) is 2.97. The number of carbonyl (C=O) groups is 2. The fraction of sp³-hybridized carbons (Fsp3) is 0.259. The van der Waals surface area contributed by atoms with Crippen molar-refractivity contribution in [2.75, 3.05) is 37.7 Å². The number of benzene rings is 3. The first-order valence-corrected chi connectivity index (χ1v) is 11.4. The van der Waals surface area contributed by atoms with Crippen molar-refractivity contribution < 1.29 is 28.5 Å². The van der Waals surface area contributed by atoms with Crippen LogP contribution in [0.15, 0.2) is 66.7 Å². The summed E-state index contributed by atoms with van der Waals surface area (Å²) in [4.78, 5) is 28.4. The largest absolute Gasteiger partial charge is 0.497 e. The van der Waals surface area contributed by atoms with Gasteiger partial charge in [-0.2, -0.15) is 0 Å². The van der Waals surface area contributed by atoms with E-state index in [1.165, 1.54) is 0 Å². The van der Waals surface area contributed by atoms with Crippen molar-refractivity contribution in [3.63, 3.8) is 0 Å². The summed E-state index contributed by atoms with van der Waals surface area (Å²) >= 11 is 0. The second kappa shape index (κ2) is 9.58. The Labute approximate surface area is 203 Å². The topological polar surface area (TPSA) is 86.3 Å². The summed E-state index contributed by atoms with van der Waals surface area (Å²) < 4.78 is 21.7. The third-order valence-corrected chi connectivity index (χ3v) is 6.28. The number of hydrogen-bond acceptors (Lipinski definition) is 6. The van der Waals surface area contributed by atoms with Crippen molar-refractivity contribution in [1.29, 1.82) is 0 Å². The van der Waals surface area contributed by atoms with Gasteiger partial charge in [0.05, 0.1) is 26.2 Å². The quantitative estimate of drug-likeness (QED) is 0.576. The standard InChI is InChI=1S/C27H26N2O6/c1-32-20-8-3-17(4-9-20)26-22(16-25(30)29(26)19-6-10-21(33-2)11-7-19)27(31)28-18-5-12-23-24(15-18)35-14-13-34-23/h3-12,15,22,26H,13-14,16H2,1-2H3,(H,28,31)/t22-,26-/m1/s1. The van der Waals surface area contributed by atoms with E-state index in [1.54, 1.807) is 49.5 Å². The van der Waals surface area contributed by atoms with Crippen LogP contribution in [-0.2, 0) is 9.59 Å². The van der Waals surface area contributed by atoms with E-state index in [0.29, 0.717) is 47.6 Å². The molecule has 1 saturated heterocycles. The summed E-state index contributed by atoms with van der Waals surface area (Å²) in [7, 11) is 3.19. The number of ether oxygens (including phenoxy) is 4. The fourth-order valence-electron chi connectivity index (χ4n) is 4.56. The first-order valence-electron chi connectivity index (χ1n) is 11.4. The fourth-order valence-corrected chi connectivity index (χ4v) is 4.56. The smallest absolute Gasteiger partial charge is 0.230 e. The van der Waals surface area contributed by atoms with E-state index in [0.717, 1.165) is 5.56 Å². The first kappa shape index (κ1) is 22.6. The summed E-state index contributed by atoms with van der Waals surface area (Å²) in [5.74, 6) is 1.65. The van der Waals surface area contributed by atoms with Crippen LogP contribution in [0.1, 0.15) is 18.0 Å². The molecule has 3 aromatic rings. The van der Waals surface area contributed by atoms with Gasteiger partial charge in [0, 0.05) is 23.9 Å². The van der Waals surface area contributed by atoms with E-state index in [2.05, 4.69) is 5.32 Å². The molecule has 2 heterocycles. The van der Waals surface area contributed by atoms with Crippen molar-refractivity contribution in [1.82, 2.24) is 0 Å². The van der Waals surface area contributed by atoms with Crippen molar-refractivity contribution in [2.24, 2.45) is 5.92 Å². The minimum atomic E-state index is -0.605. The predicted molar refractivity (Wildman–Crippen MR) is 130 cm³/mol. The molecule has 0 bridgehead atoms. The maximum Gasteiger partial charge on any atom is 0.230 e. The summed E-state index contributed by atoms with van der Waals surface area (Å²) in [6.07, 6.45) is 0.0825. The lowest BCUT2D eigenvalue weighted by molar-refractivity contribution is -0.122. The maximum absolute atomic E-state index is 13.5. The number of methoxy groups -OCH3 is 2. The Hall–Kier alpha value is -4.20. The molecule has 5 rings (SSSR count). The number of amides is 2. The molecule has 0 unspecified atom stereocenters. The van der Waals surface area contributed by atoms with Crippen LogP contribution in [0.25, 0.3) is 0 Å². The van der Waals surface area contributed by atoms with E-state index < -0.39 is 12.0 Å². The second-order valence-corrected chi connectivity index (χ2v) is 8.34. The van der Waals surface area contributed by atoms with Crippen LogP contribution in [-0.4, -0.2) is 39.2 Å². The molecule has 3 aromatic carbocycles. The molecule has 0 aliphatic carbocycles. The van der Waals surface area contributed by atoms with Crippen molar-refractivity contribution in [2.45, 2.75) is 12.5 Å². The Balaban J connectivity index is 1.46. The van der Waals surface area contributed by atoms with Gasteiger partial charge < -0.3 is 29.2 Å². The number of rotatable bonds is 6. The number of carbonyl (C=O) groups excluding carboxylic acids is 2. The minimum absolute atomic E-state index is 0.0825. The molecule has 8 heteroatoms. The SMILES string of the molecule is COc1ccc([C@@H]2[C@H](C(=O)Nc3ccc4c(c3)OCCO4)CC(=O)N2c2ccc(OC)cc2)cc1. The van der Waals surface area contributed by atoms with Crippen molar-refractivity contribution >= 4 is 23.2 Å². The molecule has 2 amide bonds. The molecule has 0 saturated carbocycles. The molecule has 180 valence electrons. The van der Waals surface area contributed by atoms with Crippen molar-refractivity contribution in [3.8, 4) is 23.0 Å². The van der Waals surface area contributed by atoms with Gasteiger partial charge in [0.15, 0.2) is 11.5 Å². The maximum atomic E-state index is 13.5. The van der Waals surface area contributed by atoms with Gasteiger partial charge in [-0.3, -0.25) is 9.59 Å². The van der Waals surface area contributed by atoms with Gasteiger partial charge in [-0.1, -0.05) is 12.1 Å². The van der Waals surface area contributed by atoms with Gasteiger partial charge >= 0.3 is 0 Å². The minimum Gasteiger partial charge on any atom is -0.497 e. The van der Waals surface area contributed by atoms with E-state index in [9.17, 15) is 9.59 Å². The van der Waals surface area contributed by atoms with Gasteiger partial charge in [0.25, 0.3) is 0 Å². The van der Waals surface area contributed by atoms with Crippen LogP contribution in [0.3, 0.4) is 0 Å². The number of hydrogen-bond donors (Lipinski definition) is 1. The molecular formula is C27H26N2O6. The zero-order chi connectivity index (χ0) is 24.4. The molecule has 35 heavy (non-hydrogen) atoms. The number of nitrogens with zero attached hydrogens (tertiary/aromatic N) is 1. The second-order valence-electron chi connectivity index (χ2n) is 8.34. The highest BCUT2D eigenvalue weighted by Crippen LogP contribution is 2.43. The lowest BCUT2D eigenvalue weighted by Crippen LogP contribution is -2.32. The molecule has 1 N–H and O–H groups in total. The zero-order valence-electron chi connectivity index (χ0n) is 19.5.